The summed E-state index contributed by atoms with van der Waals surface area (Å²) in [5.41, 5.74) is 0.378. The molecular formula is C15H17BrF4N2O. The van der Waals surface area contributed by atoms with Crippen molar-refractivity contribution in [3.8, 4) is 0 Å². The number of rotatable bonds is 4. The van der Waals surface area contributed by atoms with E-state index in [1.807, 2.05) is 0 Å². The van der Waals surface area contributed by atoms with E-state index in [0.717, 1.165) is 12.1 Å². The van der Waals surface area contributed by atoms with E-state index < -0.39 is 23.6 Å². The summed E-state index contributed by atoms with van der Waals surface area (Å²) >= 11 is 3.08. The van der Waals surface area contributed by atoms with E-state index in [1.54, 1.807) is 0 Å². The fourth-order valence-electron chi connectivity index (χ4n) is 2.62. The number of alkyl halides is 2. The van der Waals surface area contributed by atoms with Crippen LogP contribution >= 0.6 is 15.9 Å². The zero-order valence-electron chi connectivity index (χ0n) is 12.3. The lowest BCUT2D eigenvalue weighted by Gasteiger charge is -2.28. The average Bonchev–Trinajstić information content (AvgIpc) is 2.46. The van der Waals surface area contributed by atoms with Crippen LogP contribution in [0.3, 0.4) is 0 Å². The van der Waals surface area contributed by atoms with Crippen LogP contribution in [-0.2, 0) is 6.54 Å². The van der Waals surface area contributed by atoms with E-state index in [-0.39, 0.29) is 31.8 Å². The molecule has 1 fully saturated rings. The Bertz CT molecular complexity index is 583. The molecule has 1 aromatic rings. The number of halogens is 5. The van der Waals surface area contributed by atoms with Crippen LogP contribution < -0.4 is 10.6 Å². The van der Waals surface area contributed by atoms with Crippen LogP contribution in [0.2, 0.25) is 0 Å². The number of hydrogen-bond acceptors (Lipinski definition) is 1. The van der Waals surface area contributed by atoms with Gasteiger partial charge in [-0.3, -0.25) is 0 Å². The molecule has 1 atom stereocenters. The first-order valence-corrected chi connectivity index (χ1v) is 8.09. The van der Waals surface area contributed by atoms with E-state index in [9.17, 15) is 22.4 Å². The molecule has 0 saturated heterocycles. The molecule has 0 spiro atoms. The van der Waals surface area contributed by atoms with Crippen LogP contribution in [0.5, 0.6) is 0 Å². The van der Waals surface area contributed by atoms with Gasteiger partial charge in [-0.05, 0) is 36.5 Å². The molecule has 2 amide bonds. The van der Waals surface area contributed by atoms with Crippen molar-refractivity contribution in [2.75, 3.05) is 6.54 Å². The maximum Gasteiger partial charge on any atom is 0.315 e. The maximum atomic E-state index is 13.3. The Hall–Kier alpha value is -1.31. The fourth-order valence-corrected chi connectivity index (χ4v) is 3.08. The summed E-state index contributed by atoms with van der Waals surface area (Å²) in [6.45, 7) is 0.158. The summed E-state index contributed by atoms with van der Waals surface area (Å²) in [6, 6.07) is 1.44. The molecular weight excluding hydrogens is 380 g/mol. The zero-order valence-corrected chi connectivity index (χ0v) is 13.9. The Morgan fingerprint density at radius 1 is 1.26 bits per heavy atom. The first kappa shape index (κ1) is 18.0. The van der Waals surface area contributed by atoms with Crippen molar-refractivity contribution in [2.24, 2.45) is 5.92 Å². The van der Waals surface area contributed by atoms with Gasteiger partial charge >= 0.3 is 6.03 Å². The Morgan fingerprint density at radius 3 is 2.65 bits per heavy atom. The van der Waals surface area contributed by atoms with E-state index in [0.29, 0.717) is 22.9 Å². The molecule has 1 unspecified atom stereocenters. The lowest BCUT2D eigenvalue weighted by atomic mass is 9.86. The second-order valence-electron chi connectivity index (χ2n) is 5.74. The molecule has 1 aromatic carbocycles. The number of hydrogen-bond donors (Lipinski definition) is 2. The topological polar surface area (TPSA) is 41.1 Å². The Labute approximate surface area is 140 Å². The molecule has 23 heavy (non-hydrogen) atoms. The highest BCUT2D eigenvalue weighted by atomic mass is 79.9. The minimum atomic E-state index is -2.66. The summed E-state index contributed by atoms with van der Waals surface area (Å²) in [6.07, 6.45) is 0.787. The van der Waals surface area contributed by atoms with Gasteiger partial charge in [0.1, 0.15) is 0 Å². The summed E-state index contributed by atoms with van der Waals surface area (Å²) in [7, 11) is 0. The van der Waals surface area contributed by atoms with Crippen molar-refractivity contribution in [3.05, 3.63) is 33.8 Å². The molecule has 0 bridgehead atoms. The third-order valence-electron chi connectivity index (χ3n) is 3.82. The Balaban J connectivity index is 1.78. The molecule has 2 N–H and O–H groups in total. The number of urea groups is 1. The minimum absolute atomic E-state index is 0.00948. The van der Waals surface area contributed by atoms with Gasteiger partial charge in [-0.1, -0.05) is 15.9 Å². The molecule has 0 aliphatic heterocycles. The number of benzene rings is 1. The van der Waals surface area contributed by atoms with E-state index in [2.05, 4.69) is 26.6 Å². The smallest absolute Gasteiger partial charge is 0.315 e. The first-order chi connectivity index (χ1) is 10.8. The monoisotopic (exact) mass is 396 g/mol. The van der Waals surface area contributed by atoms with Crippen LogP contribution in [0.1, 0.15) is 31.2 Å². The molecule has 0 heterocycles. The van der Waals surface area contributed by atoms with Crippen molar-refractivity contribution < 1.29 is 22.4 Å². The second-order valence-corrected chi connectivity index (χ2v) is 6.59. The van der Waals surface area contributed by atoms with Crippen molar-refractivity contribution in [3.63, 3.8) is 0 Å². The molecule has 8 heteroatoms. The highest BCUT2D eigenvalue weighted by molar-refractivity contribution is 9.10. The molecule has 3 nitrogen and oxygen atoms in total. The third-order valence-corrected chi connectivity index (χ3v) is 4.56. The van der Waals surface area contributed by atoms with Crippen molar-refractivity contribution in [1.29, 1.82) is 0 Å². The van der Waals surface area contributed by atoms with Crippen molar-refractivity contribution >= 4 is 22.0 Å². The first-order valence-electron chi connectivity index (χ1n) is 7.30. The Morgan fingerprint density at radius 2 is 1.96 bits per heavy atom. The van der Waals surface area contributed by atoms with Gasteiger partial charge in [-0.25, -0.2) is 22.4 Å². The molecule has 2 rings (SSSR count). The summed E-state index contributed by atoms with van der Waals surface area (Å²) in [5, 5.41) is 5.03. The largest absolute Gasteiger partial charge is 0.338 e. The van der Waals surface area contributed by atoms with E-state index >= 15 is 0 Å². The lowest BCUT2D eigenvalue weighted by molar-refractivity contribution is -0.0516. The molecule has 0 aromatic heterocycles. The minimum Gasteiger partial charge on any atom is -0.338 e. The van der Waals surface area contributed by atoms with Gasteiger partial charge in [0.05, 0.1) is 0 Å². The Kier molecular flexibility index (Phi) is 5.89. The quantitative estimate of drug-likeness (QED) is 0.576. The predicted molar refractivity (Wildman–Crippen MR) is 81.2 cm³/mol. The van der Waals surface area contributed by atoms with Gasteiger partial charge in [0.2, 0.25) is 5.92 Å². The van der Waals surface area contributed by atoms with Crippen LogP contribution in [0.15, 0.2) is 16.6 Å². The van der Waals surface area contributed by atoms with Gasteiger partial charge in [0.15, 0.2) is 11.6 Å². The van der Waals surface area contributed by atoms with Gasteiger partial charge < -0.3 is 10.6 Å². The second kappa shape index (κ2) is 7.51. The molecule has 0 radical (unpaired) electrons. The predicted octanol–water partition coefficient (Wildman–Crippen LogP) is 4.35. The standard InChI is InChI=1S/C15H17BrF4N2O/c16-11-5-13(18)12(17)4-10(11)8-22-14(23)21-7-9-2-1-3-15(19,20)6-9/h4-5,9H,1-3,6-8H2,(H2,21,22,23). The van der Waals surface area contributed by atoms with Gasteiger partial charge in [0.25, 0.3) is 0 Å². The normalized spacial score (nSPS) is 20.1. The summed E-state index contributed by atoms with van der Waals surface area (Å²) in [4.78, 5) is 11.7. The number of carbonyl (C=O) groups is 1. The van der Waals surface area contributed by atoms with Crippen molar-refractivity contribution in [1.82, 2.24) is 10.6 Å². The molecule has 1 aliphatic carbocycles. The van der Waals surface area contributed by atoms with Crippen LogP contribution in [0.4, 0.5) is 22.4 Å². The van der Waals surface area contributed by atoms with Gasteiger partial charge in [-0.15, -0.1) is 0 Å². The zero-order chi connectivity index (χ0) is 17.0. The van der Waals surface area contributed by atoms with E-state index in [1.165, 1.54) is 0 Å². The third kappa shape index (κ3) is 5.37. The van der Waals surface area contributed by atoms with Gasteiger partial charge in [0, 0.05) is 30.4 Å². The average molecular weight is 397 g/mol. The summed E-state index contributed by atoms with van der Waals surface area (Å²) in [5.74, 6) is -4.89. The van der Waals surface area contributed by atoms with Crippen LogP contribution in [0.25, 0.3) is 0 Å². The number of carbonyl (C=O) groups excluding carboxylic acids is 1. The fraction of sp³-hybridized carbons (Fsp3) is 0.533. The van der Waals surface area contributed by atoms with Gasteiger partial charge in [-0.2, -0.15) is 0 Å². The molecule has 1 saturated carbocycles. The lowest BCUT2D eigenvalue weighted by Crippen LogP contribution is -2.40. The van der Waals surface area contributed by atoms with Crippen LogP contribution in [-0.4, -0.2) is 18.5 Å². The molecule has 128 valence electrons. The number of nitrogens with one attached hydrogen (secondary N) is 2. The number of amides is 2. The van der Waals surface area contributed by atoms with Crippen molar-refractivity contribution in [2.45, 2.75) is 38.2 Å². The highest BCUT2D eigenvalue weighted by Crippen LogP contribution is 2.36. The maximum absolute atomic E-state index is 13.3. The van der Waals surface area contributed by atoms with E-state index in [4.69, 9.17) is 0 Å². The summed E-state index contributed by atoms with van der Waals surface area (Å²) < 4.78 is 53.0. The molecule has 1 aliphatic rings. The van der Waals surface area contributed by atoms with Crippen LogP contribution in [0, 0.1) is 17.6 Å². The highest BCUT2D eigenvalue weighted by Gasteiger charge is 2.36. The SMILES string of the molecule is O=C(NCc1cc(F)c(F)cc1Br)NCC1CCCC(F)(F)C1.